The fourth-order valence-electron chi connectivity index (χ4n) is 3.51. The van der Waals surface area contributed by atoms with Crippen LogP contribution in [0.4, 0.5) is 30.4 Å². The van der Waals surface area contributed by atoms with Crippen LogP contribution in [-0.4, -0.2) is 41.7 Å². The highest BCUT2D eigenvalue weighted by Crippen LogP contribution is 2.31. The molecule has 1 aromatic heterocycles. The van der Waals surface area contributed by atoms with Gasteiger partial charge in [0.1, 0.15) is 5.82 Å². The SMILES string of the molecule is CC(=O)Nc1ccc(NC(=O)c2cc(NC(=O)c3cc(C(F)(F)F)ccc3CN(C)C)ccc2C)cn1. The van der Waals surface area contributed by atoms with Gasteiger partial charge in [0.2, 0.25) is 5.91 Å². The van der Waals surface area contributed by atoms with Gasteiger partial charge in [-0.15, -0.1) is 0 Å². The number of aromatic nitrogens is 1. The molecule has 0 aliphatic carbocycles. The molecule has 0 bridgehead atoms. The molecule has 0 spiro atoms. The maximum Gasteiger partial charge on any atom is 0.416 e. The fraction of sp³-hybridized carbons (Fsp3) is 0.231. The van der Waals surface area contributed by atoms with Crippen molar-refractivity contribution in [2.24, 2.45) is 0 Å². The molecular formula is C26H26F3N5O3. The lowest BCUT2D eigenvalue weighted by Gasteiger charge is -2.17. The van der Waals surface area contributed by atoms with Crippen molar-refractivity contribution in [3.05, 3.63) is 82.5 Å². The zero-order chi connectivity index (χ0) is 27.3. The zero-order valence-electron chi connectivity index (χ0n) is 20.7. The van der Waals surface area contributed by atoms with Gasteiger partial charge >= 0.3 is 6.18 Å². The van der Waals surface area contributed by atoms with Crippen molar-refractivity contribution in [2.75, 3.05) is 30.0 Å². The summed E-state index contributed by atoms with van der Waals surface area (Å²) in [7, 11) is 3.49. The number of carbonyl (C=O) groups is 3. The van der Waals surface area contributed by atoms with Crippen LogP contribution in [0.2, 0.25) is 0 Å². The third-order valence-electron chi connectivity index (χ3n) is 5.23. The lowest BCUT2D eigenvalue weighted by molar-refractivity contribution is -0.137. The number of rotatable bonds is 7. The Morgan fingerprint density at radius 2 is 1.51 bits per heavy atom. The third-order valence-corrected chi connectivity index (χ3v) is 5.23. The van der Waals surface area contributed by atoms with E-state index in [1.165, 1.54) is 31.3 Å². The maximum absolute atomic E-state index is 13.3. The topological polar surface area (TPSA) is 103 Å². The predicted octanol–water partition coefficient (Wildman–Crippen LogP) is 4.93. The van der Waals surface area contributed by atoms with Crippen LogP contribution >= 0.6 is 0 Å². The number of nitrogens with one attached hydrogen (secondary N) is 3. The molecule has 0 atom stereocenters. The molecule has 0 aliphatic rings. The quantitative estimate of drug-likeness (QED) is 0.416. The van der Waals surface area contributed by atoms with Crippen molar-refractivity contribution >= 4 is 34.9 Å². The van der Waals surface area contributed by atoms with Crippen molar-refractivity contribution in [2.45, 2.75) is 26.6 Å². The standard InChI is InChI=1S/C26H26F3N5O3/c1-15-5-8-19(12-21(15)24(36)33-20-9-10-23(30-13-20)31-16(2)35)32-25(37)22-11-18(26(27,28)29)7-6-17(22)14-34(3)4/h5-13H,14H2,1-4H3,(H,32,37)(H,33,36)(H,30,31,35). The Morgan fingerprint density at radius 3 is 2.11 bits per heavy atom. The van der Waals surface area contributed by atoms with E-state index in [1.54, 1.807) is 44.1 Å². The van der Waals surface area contributed by atoms with Gasteiger partial charge in [-0.05, 0) is 68.5 Å². The number of carbonyl (C=O) groups excluding carboxylic acids is 3. The number of aryl methyl sites for hydroxylation is 1. The average molecular weight is 514 g/mol. The minimum Gasteiger partial charge on any atom is -0.322 e. The molecule has 0 saturated heterocycles. The Bertz CT molecular complexity index is 1320. The van der Waals surface area contributed by atoms with Crippen molar-refractivity contribution in [3.8, 4) is 0 Å². The van der Waals surface area contributed by atoms with Crippen molar-refractivity contribution < 1.29 is 27.6 Å². The molecule has 0 unspecified atom stereocenters. The summed E-state index contributed by atoms with van der Waals surface area (Å²) in [5, 5.41) is 7.82. The van der Waals surface area contributed by atoms with Gasteiger partial charge in [0.25, 0.3) is 11.8 Å². The van der Waals surface area contributed by atoms with E-state index < -0.39 is 23.6 Å². The first-order chi connectivity index (χ1) is 17.3. The molecule has 0 radical (unpaired) electrons. The number of nitrogens with zero attached hydrogens (tertiary/aromatic N) is 2. The number of amides is 3. The van der Waals surface area contributed by atoms with Crippen LogP contribution in [0.5, 0.6) is 0 Å². The minimum absolute atomic E-state index is 0.111. The first-order valence-corrected chi connectivity index (χ1v) is 11.2. The monoisotopic (exact) mass is 513 g/mol. The van der Waals surface area contributed by atoms with E-state index in [-0.39, 0.29) is 29.3 Å². The van der Waals surface area contributed by atoms with Gasteiger partial charge in [-0.2, -0.15) is 13.2 Å². The zero-order valence-corrected chi connectivity index (χ0v) is 20.7. The number of halogens is 3. The Labute approximate surface area is 211 Å². The molecular weight excluding hydrogens is 487 g/mol. The molecule has 3 amide bonds. The third kappa shape index (κ3) is 7.37. The van der Waals surface area contributed by atoms with Crippen LogP contribution in [-0.2, 0) is 17.5 Å². The van der Waals surface area contributed by atoms with Gasteiger partial charge in [0.15, 0.2) is 0 Å². The summed E-state index contributed by atoms with van der Waals surface area (Å²) in [6.45, 7) is 3.32. The highest BCUT2D eigenvalue weighted by molar-refractivity contribution is 6.08. The van der Waals surface area contributed by atoms with Crippen LogP contribution < -0.4 is 16.0 Å². The van der Waals surface area contributed by atoms with Crippen molar-refractivity contribution in [1.82, 2.24) is 9.88 Å². The number of benzene rings is 2. The smallest absolute Gasteiger partial charge is 0.322 e. The second-order valence-corrected chi connectivity index (χ2v) is 8.66. The Morgan fingerprint density at radius 1 is 0.865 bits per heavy atom. The molecule has 3 N–H and O–H groups in total. The van der Waals surface area contributed by atoms with Gasteiger partial charge in [-0.1, -0.05) is 12.1 Å². The van der Waals surface area contributed by atoms with Gasteiger partial charge in [0.05, 0.1) is 17.4 Å². The summed E-state index contributed by atoms with van der Waals surface area (Å²) in [5.41, 5.74) is 0.879. The lowest BCUT2D eigenvalue weighted by atomic mass is 10.0. The van der Waals surface area contributed by atoms with E-state index in [2.05, 4.69) is 20.9 Å². The summed E-state index contributed by atoms with van der Waals surface area (Å²) in [6.07, 6.45) is -3.22. The summed E-state index contributed by atoms with van der Waals surface area (Å²) < 4.78 is 39.9. The van der Waals surface area contributed by atoms with Crippen molar-refractivity contribution in [3.63, 3.8) is 0 Å². The predicted molar refractivity (Wildman–Crippen MR) is 134 cm³/mol. The largest absolute Gasteiger partial charge is 0.416 e. The molecule has 0 saturated carbocycles. The molecule has 2 aromatic carbocycles. The number of pyridine rings is 1. The Hall–Kier alpha value is -4.25. The first-order valence-electron chi connectivity index (χ1n) is 11.2. The molecule has 3 rings (SSSR count). The average Bonchev–Trinajstić information content (AvgIpc) is 2.80. The number of anilines is 3. The number of alkyl halides is 3. The number of hydrogen-bond donors (Lipinski definition) is 3. The highest BCUT2D eigenvalue weighted by atomic mass is 19.4. The summed E-state index contributed by atoms with van der Waals surface area (Å²) in [6, 6.07) is 10.8. The van der Waals surface area contributed by atoms with Gasteiger partial charge in [0, 0.05) is 30.3 Å². The van der Waals surface area contributed by atoms with Crippen LogP contribution in [0.1, 0.15) is 44.3 Å². The van der Waals surface area contributed by atoms with Crippen LogP contribution in [0, 0.1) is 6.92 Å². The molecule has 0 fully saturated rings. The van der Waals surface area contributed by atoms with Gasteiger partial charge in [-0.25, -0.2) is 4.98 Å². The highest BCUT2D eigenvalue weighted by Gasteiger charge is 2.32. The molecule has 8 nitrogen and oxygen atoms in total. The van der Waals surface area contributed by atoms with Crippen LogP contribution in [0.15, 0.2) is 54.7 Å². The lowest BCUT2D eigenvalue weighted by Crippen LogP contribution is -2.20. The number of hydrogen-bond acceptors (Lipinski definition) is 5. The second kappa shape index (κ2) is 11.2. The molecule has 11 heteroatoms. The molecule has 37 heavy (non-hydrogen) atoms. The van der Waals surface area contributed by atoms with Crippen molar-refractivity contribution in [1.29, 1.82) is 0 Å². The van der Waals surface area contributed by atoms with E-state index in [4.69, 9.17) is 0 Å². The van der Waals surface area contributed by atoms with Gasteiger partial charge < -0.3 is 20.9 Å². The van der Waals surface area contributed by atoms with E-state index in [0.717, 1.165) is 12.1 Å². The van der Waals surface area contributed by atoms with Crippen LogP contribution in [0.3, 0.4) is 0 Å². The van der Waals surface area contributed by atoms with E-state index in [9.17, 15) is 27.6 Å². The maximum atomic E-state index is 13.3. The molecule has 0 aliphatic heterocycles. The summed E-state index contributed by atoms with van der Waals surface area (Å²) in [5.74, 6) is -1.15. The fourth-order valence-corrected chi connectivity index (χ4v) is 3.51. The summed E-state index contributed by atoms with van der Waals surface area (Å²) >= 11 is 0. The van der Waals surface area contributed by atoms with E-state index in [0.29, 0.717) is 22.6 Å². The van der Waals surface area contributed by atoms with E-state index >= 15 is 0 Å². The Kier molecular flexibility index (Phi) is 8.28. The normalized spacial score (nSPS) is 11.2. The summed E-state index contributed by atoms with van der Waals surface area (Å²) in [4.78, 5) is 42.8. The molecule has 194 valence electrons. The van der Waals surface area contributed by atoms with E-state index in [1.807, 2.05) is 0 Å². The first kappa shape index (κ1) is 27.3. The molecule has 3 aromatic rings. The second-order valence-electron chi connectivity index (χ2n) is 8.66. The Balaban J connectivity index is 1.83. The molecule has 1 heterocycles. The van der Waals surface area contributed by atoms with Gasteiger partial charge in [-0.3, -0.25) is 14.4 Å². The minimum atomic E-state index is -4.60. The van der Waals surface area contributed by atoms with Crippen LogP contribution in [0.25, 0.3) is 0 Å².